The molecule has 0 aliphatic heterocycles. The summed E-state index contributed by atoms with van der Waals surface area (Å²) in [5, 5.41) is 13.5. The Morgan fingerprint density at radius 3 is 2.71 bits per heavy atom. The third-order valence-corrected chi connectivity index (χ3v) is 2.84. The van der Waals surface area contributed by atoms with Gasteiger partial charge in [0.2, 0.25) is 11.1 Å². The maximum Gasteiger partial charge on any atom is 0.332 e. The Balaban J connectivity index is 2.96. The van der Waals surface area contributed by atoms with Crippen molar-refractivity contribution in [1.82, 2.24) is 9.97 Å². The van der Waals surface area contributed by atoms with Crippen LogP contribution in [0.2, 0.25) is 5.28 Å². The van der Waals surface area contributed by atoms with E-state index in [9.17, 15) is 14.3 Å². The van der Waals surface area contributed by atoms with Crippen LogP contribution in [0.15, 0.2) is 0 Å². The fraction of sp³-hybridized carbons (Fsp3) is 0.500. The summed E-state index contributed by atoms with van der Waals surface area (Å²) in [4.78, 5) is 17.7. The molecule has 0 amide bonds. The minimum atomic E-state index is -0.976. The van der Waals surface area contributed by atoms with Gasteiger partial charge in [-0.05, 0) is 18.5 Å². The third-order valence-electron chi connectivity index (χ3n) is 1.90. The van der Waals surface area contributed by atoms with Crippen LogP contribution >= 0.6 is 11.6 Å². The molecule has 0 bridgehead atoms. The van der Waals surface area contributed by atoms with Gasteiger partial charge >= 0.3 is 5.69 Å². The second-order valence-electron chi connectivity index (χ2n) is 3.24. The van der Waals surface area contributed by atoms with Gasteiger partial charge in [0.25, 0.3) is 0 Å². The van der Waals surface area contributed by atoms with Gasteiger partial charge in [-0.25, -0.2) is 4.98 Å². The molecular formula is C8H11ClN4O3S. The summed E-state index contributed by atoms with van der Waals surface area (Å²) >= 11 is 5.62. The fourth-order valence-corrected chi connectivity index (χ4v) is 1.79. The van der Waals surface area contributed by atoms with E-state index in [1.165, 1.54) is 6.92 Å². The SMILES string of the molecule is Cc1nc(Cl)nc(NCCS(C)=O)c1[N+](=O)[O-]. The molecular weight excluding hydrogens is 268 g/mol. The molecule has 0 saturated heterocycles. The zero-order valence-electron chi connectivity index (χ0n) is 9.27. The molecule has 0 spiro atoms. The third kappa shape index (κ3) is 3.90. The molecule has 0 fully saturated rings. The first-order chi connectivity index (χ1) is 7.91. The number of anilines is 1. The van der Waals surface area contributed by atoms with E-state index in [4.69, 9.17) is 11.6 Å². The Morgan fingerprint density at radius 2 is 2.18 bits per heavy atom. The quantitative estimate of drug-likeness (QED) is 0.493. The van der Waals surface area contributed by atoms with Gasteiger partial charge < -0.3 is 5.32 Å². The molecule has 94 valence electrons. The molecule has 1 aromatic heterocycles. The summed E-state index contributed by atoms with van der Waals surface area (Å²) in [5.41, 5.74) is -0.0218. The van der Waals surface area contributed by atoms with Crippen molar-refractivity contribution in [2.24, 2.45) is 0 Å². The highest BCUT2D eigenvalue weighted by atomic mass is 35.5. The van der Waals surface area contributed by atoms with Crippen molar-refractivity contribution < 1.29 is 9.13 Å². The summed E-state index contributed by atoms with van der Waals surface area (Å²) in [5.74, 6) is 0.426. The average Bonchev–Trinajstić information content (AvgIpc) is 2.14. The molecule has 0 aliphatic carbocycles. The predicted molar refractivity (Wildman–Crippen MR) is 65.9 cm³/mol. The van der Waals surface area contributed by atoms with Crippen LogP contribution < -0.4 is 5.32 Å². The number of nitro groups is 1. The maximum absolute atomic E-state index is 10.9. The van der Waals surface area contributed by atoms with Crippen molar-refractivity contribution in [3.05, 3.63) is 21.1 Å². The first-order valence-corrected chi connectivity index (χ1v) is 6.74. The Hall–Kier alpha value is -1.28. The standard InChI is InChI=1S/C8H11ClN4O3S/c1-5-6(13(14)15)7(12-8(9)11-5)10-3-4-17(2)16/h3-4H2,1-2H3,(H,10,11,12). The van der Waals surface area contributed by atoms with Crippen molar-refractivity contribution in [3.63, 3.8) is 0 Å². The zero-order chi connectivity index (χ0) is 13.0. The van der Waals surface area contributed by atoms with Crippen LogP contribution in [0, 0.1) is 17.0 Å². The van der Waals surface area contributed by atoms with Gasteiger partial charge in [-0.1, -0.05) is 0 Å². The topological polar surface area (TPSA) is 98.0 Å². The number of hydrogen-bond acceptors (Lipinski definition) is 6. The molecule has 0 radical (unpaired) electrons. The van der Waals surface area contributed by atoms with Crippen LogP contribution in [-0.4, -0.2) is 37.7 Å². The molecule has 1 atom stereocenters. The minimum Gasteiger partial charge on any atom is -0.363 e. The highest BCUT2D eigenvalue weighted by molar-refractivity contribution is 7.84. The summed E-state index contributed by atoms with van der Waals surface area (Å²) in [7, 11) is -0.976. The van der Waals surface area contributed by atoms with Crippen LogP contribution in [0.3, 0.4) is 0 Å². The predicted octanol–water partition coefficient (Wildman–Crippen LogP) is 1.14. The van der Waals surface area contributed by atoms with Gasteiger partial charge in [-0.15, -0.1) is 0 Å². The largest absolute Gasteiger partial charge is 0.363 e. The van der Waals surface area contributed by atoms with Crippen molar-refractivity contribution in [2.75, 3.05) is 23.9 Å². The first-order valence-electron chi connectivity index (χ1n) is 4.64. The van der Waals surface area contributed by atoms with Gasteiger partial charge in [-0.2, -0.15) is 4.98 Å². The van der Waals surface area contributed by atoms with Crippen molar-refractivity contribution in [2.45, 2.75) is 6.92 Å². The van der Waals surface area contributed by atoms with E-state index in [0.717, 1.165) is 0 Å². The number of hydrogen-bond donors (Lipinski definition) is 1. The zero-order valence-corrected chi connectivity index (χ0v) is 10.8. The van der Waals surface area contributed by atoms with E-state index < -0.39 is 15.7 Å². The highest BCUT2D eigenvalue weighted by Crippen LogP contribution is 2.26. The van der Waals surface area contributed by atoms with Gasteiger partial charge in [0.1, 0.15) is 5.69 Å². The molecule has 0 aliphatic rings. The smallest absolute Gasteiger partial charge is 0.332 e. The molecule has 9 heteroatoms. The van der Waals surface area contributed by atoms with Crippen LogP contribution in [-0.2, 0) is 10.8 Å². The maximum atomic E-state index is 10.9. The lowest BCUT2D eigenvalue weighted by molar-refractivity contribution is -0.385. The van der Waals surface area contributed by atoms with Gasteiger partial charge in [0.05, 0.1) is 4.92 Å². The average molecular weight is 279 g/mol. The van der Waals surface area contributed by atoms with Crippen LogP contribution in [0.5, 0.6) is 0 Å². The molecule has 1 unspecified atom stereocenters. The molecule has 0 saturated carbocycles. The lowest BCUT2D eigenvalue weighted by Crippen LogP contribution is -2.13. The van der Waals surface area contributed by atoms with E-state index in [1.807, 2.05) is 0 Å². The van der Waals surface area contributed by atoms with Gasteiger partial charge in [0, 0.05) is 29.4 Å². The summed E-state index contributed by atoms with van der Waals surface area (Å²) in [6, 6.07) is 0. The Kier molecular flexibility index (Phi) is 4.76. The van der Waals surface area contributed by atoms with Crippen molar-refractivity contribution in [1.29, 1.82) is 0 Å². The molecule has 1 N–H and O–H groups in total. The Bertz CT molecular complexity index is 468. The summed E-state index contributed by atoms with van der Waals surface area (Å²) in [6.45, 7) is 1.80. The van der Waals surface area contributed by atoms with Gasteiger partial charge in [-0.3, -0.25) is 14.3 Å². The molecule has 1 rings (SSSR count). The lowest BCUT2D eigenvalue weighted by atomic mass is 10.3. The van der Waals surface area contributed by atoms with Crippen molar-refractivity contribution in [3.8, 4) is 0 Å². The lowest BCUT2D eigenvalue weighted by Gasteiger charge is -2.06. The number of halogens is 1. The second kappa shape index (κ2) is 5.87. The molecule has 0 aromatic carbocycles. The number of nitrogens with zero attached hydrogens (tertiary/aromatic N) is 3. The summed E-state index contributed by atoms with van der Waals surface area (Å²) in [6.07, 6.45) is 1.55. The molecule has 1 heterocycles. The Labute approximate surface area is 105 Å². The molecule has 1 aromatic rings. The first kappa shape index (κ1) is 13.8. The van der Waals surface area contributed by atoms with E-state index in [-0.39, 0.29) is 22.5 Å². The number of nitrogens with one attached hydrogen (secondary N) is 1. The van der Waals surface area contributed by atoms with E-state index in [1.54, 1.807) is 6.26 Å². The number of rotatable bonds is 5. The van der Waals surface area contributed by atoms with Crippen molar-refractivity contribution >= 4 is 33.9 Å². The van der Waals surface area contributed by atoms with Crippen LogP contribution in [0.25, 0.3) is 0 Å². The van der Waals surface area contributed by atoms with E-state index >= 15 is 0 Å². The number of aryl methyl sites for hydroxylation is 1. The van der Waals surface area contributed by atoms with Crippen LogP contribution in [0.1, 0.15) is 5.69 Å². The van der Waals surface area contributed by atoms with Gasteiger partial charge in [0.15, 0.2) is 0 Å². The Morgan fingerprint density at radius 1 is 1.53 bits per heavy atom. The normalized spacial score (nSPS) is 12.2. The summed E-state index contributed by atoms with van der Waals surface area (Å²) < 4.78 is 10.9. The van der Waals surface area contributed by atoms with E-state index in [0.29, 0.717) is 12.3 Å². The van der Waals surface area contributed by atoms with E-state index in [2.05, 4.69) is 15.3 Å². The monoisotopic (exact) mass is 278 g/mol. The second-order valence-corrected chi connectivity index (χ2v) is 5.13. The van der Waals surface area contributed by atoms with Crippen LogP contribution in [0.4, 0.5) is 11.5 Å². The highest BCUT2D eigenvalue weighted by Gasteiger charge is 2.21. The molecule has 7 nitrogen and oxygen atoms in total. The minimum absolute atomic E-state index is 0.0537. The molecule has 17 heavy (non-hydrogen) atoms. The number of aromatic nitrogens is 2. The fourth-order valence-electron chi connectivity index (χ4n) is 1.19.